The van der Waals surface area contributed by atoms with Crippen LogP contribution < -0.4 is 29.6 Å². The standard InChI is InChI=1S/C23H27O.C21H21.C2H6Si.2ClH.Hf/c1-14-8-15(2)11-18(10-14)21-19-12-16(3)9-17(19)13-20(22(21)24-7)23(4,5)6;1-13-7-14(2)10-18(9-13)21-19-6-4-5-16(19)12-17-8-15(3)11-20(17)21;1-3-2;;;/h8-13H,1-7H3;7-12H,4-6H2,1-3H3;1-2H3;2*1H;/q2*-1;;;;+2/p-2. The summed E-state index contributed by atoms with van der Waals surface area (Å²) in [5.74, 6) is 1.01. The molecule has 0 aromatic heterocycles. The van der Waals surface area contributed by atoms with Crippen molar-refractivity contribution in [2.24, 2.45) is 0 Å². The molecule has 0 aliphatic heterocycles. The summed E-state index contributed by atoms with van der Waals surface area (Å²) in [6, 6.07) is 27.7. The summed E-state index contributed by atoms with van der Waals surface area (Å²) < 4.78 is 5.95. The molecule has 1 aliphatic rings. The average Bonchev–Trinajstić information content (AvgIpc) is 3.69. The van der Waals surface area contributed by atoms with Crippen molar-refractivity contribution in [3.8, 4) is 28.0 Å². The van der Waals surface area contributed by atoms with Crippen molar-refractivity contribution in [2.45, 2.75) is 100 Å². The molecule has 0 N–H and O–H groups in total. The number of rotatable bonds is 3. The van der Waals surface area contributed by atoms with Crippen molar-refractivity contribution >= 4 is 27.0 Å². The summed E-state index contributed by atoms with van der Waals surface area (Å²) >= 11 is 1.45. The summed E-state index contributed by atoms with van der Waals surface area (Å²) in [4.78, 5) is 0. The Labute approximate surface area is 335 Å². The van der Waals surface area contributed by atoms with Crippen LogP contribution in [0.1, 0.15) is 77.3 Å². The Morgan fingerprint density at radius 2 is 1.06 bits per heavy atom. The van der Waals surface area contributed by atoms with Gasteiger partial charge in [-0.2, -0.15) is 12.1 Å². The Bertz CT molecular complexity index is 2130. The second-order valence-electron chi connectivity index (χ2n) is 15.6. The van der Waals surface area contributed by atoms with Gasteiger partial charge >= 0.3 is 41.6 Å². The van der Waals surface area contributed by atoms with Gasteiger partial charge in [-0.1, -0.05) is 110 Å². The first-order valence-corrected chi connectivity index (χ1v) is 25.6. The van der Waals surface area contributed by atoms with E-state index < -0.39 is 0 Å². The summed E-state index contributed by atoms with van der Waals surface area (Å²) in [6.45, 7) is 24.5. The van der Waals surface area contributed by atoms with E-state index in [-0.39, 0.29) is 35.7 Å². The maximum atomic E-state index is 5.95. The summed E-state index contributed by atoms with van der Waals surface area (Å²) in [6.07, 6.45) is 3.78. The number of halogens is 2. The van der Waals surface area contributed by atoms with Gasteiger partial charge in [0.2, 0.25) is 0 Å². The predicted octanol–water partition coefficient (Wildman–Crippen LogP) is 6.89. The van der Waals surface area contributed by atoms with Gasteiger partial charge < -0.3 is 29.6 Å². The normalized spacial score (nSPS) is 11.9. The van der Waals surface area contributed by atoms with E-state index in [0.717, 1.165) is 5.75 Å². The molecule has 0 radical (unpaired) electrons. The molecule has 0 spiro atoms. The van der Waals surface area contributed by atoms with Gasteiger partial charge in [-0.25, -0.2) is 0 Å². The van der Waals surface area contributed by atoms with E-state index in [0.29, 0.717) is 0 Å². The summed E-state index contributed by atoms with van der Waals surface area (Å²) in [5, 5.41) is 5.44. The van der Waals surface area contributed by atoms with Crippen LogP contribution in [0.3, 0.4) is 0 Å². The molecule has 0 unspecified atom stereocenters. The van der Waals surface area contributed by atoms with E-state index in [1.54, 1.807) is 18.2 Å². The largest absolute Gasteiger partial charge is 1.00 e. The van der Waals surface area contributed by atoms with E-state index in [1.807, 2.05) is 0 Å². The molecule has 6 aromatic rings. The van der Waals surface area contributed by atoms with E-state index >= 15 is 0 Å². The van der Waals surface area contributed by atoms with Crippen LogP contribution in [-0.4, -0.2) is 12.6 Å². The van der Waals surface area contributed by atoms with Gasteiger partial charge in [0, 0.05) is 0 Å². The Hall–Kier alpha value is -2.43. The molecule has 1 nitrogen and oxygen atoms in total. The fraction of sp³-hybridized carbons (Fsp3) is 0.348. The maximum absolute atomic E-state index is 5.95. The van der Waals surface area contributed by atoms with Gasteiger partial charge in [0.15, 0.2) is 0 Å². The zero-order valence-electron chi connectivity index (χ0n) is 32.7. The molecular formula is C46H54Cl2HfOSi-2. The quantitative estimate of drug-likeness (QED) is 0.139. The van der Waals surface area contributed by atoms with Gasteiger partial charge in [-0.15, -0.1) is 56.9 Å². The molecule has 5 heteroatoms. The van der Waals surface area contributed by atoms with Gasteiger partial charge in [0.25, 0.3) is 0 Å². The predicted molar refractivity (Wildman–Crippen MR) is 213 cm³/mol. The fourth-order valence-electron chi connectivity index (χ4n) is 7.69. The molecule has 0 atom stereocenters. The van der Waals surface area contributed by atoms with Crippen molar-refractivity contribution in [1.82, 2.24) is 0 Å². The molecular weight excluding hydrogens is 846 g/mol. The minimum atomic E-state index is 0. The van der Waals surface area contributed by atoms with Crippen LogP contribution in [0.15, 0.2) is 72.8 Å². The van der Waals surface area contributed by atoms with E-state index in [2.05, 4.69) is 148 Å². The molecule has 6 aromatic carbocycles. The van der Waals surface area contributed by atoms with Crippen LogP contribution >= 0.6 is 0 Å². The Kier molecular flexibility index (Phi) is 14.8. The number of methoxy groups -OCH3 is 1. The number of benzene rings is 4. The SMILES string of the molecule is COc1c(C(C)(C)C)cc2[cH-]c(C)cc2c1-c1cc(C)cc(C)c1.C[Si](C)=[Hf+2].Cc1cc(C)cc(-c2c3c(cc4[cH-]c(C)cc24)CCC3)c1.[Cl-].[Cl-]. The Morgan fingerprint density at radius 3 is 1.51 bits per heavy atom. The second kappa shape index (κ2) is 17.6. The van der Waals surface area contributed by atoms with Crippen LogP contribution in [0.5, 0.6) is 5.75 Å². The van der Waals surface area contributed by atoms with E-state index in [4.69, 9.17) is 4.74 Å². The monoisotopic (exact) mass is 900 g/mol. The minimum absolute atomic E-state index is 0. The molecule has 7 rings (SSSR count). The Balaban J connectivity index is 0.000000242. The topological polar surface area (TPSA) is 9.23 Å². The van der Waals surface area contributed by atoms with Gasteiger partial charge in [-0.05, 0) is 74.6 Å². The molecule has 1 aliphatic carbocycles. The van der Waals surface area contributed by atoms with Gasteiger partial charge in [0.1, 0.15) is 5.75 Å². The number of aryl methyl sites for hydroxylation is 7. The second-order valence-corrected chi connectivity index (χ2v) is 28.4. The molecule has 0 saturated carbocycles. The van der Waals surface area contributed by atoms with Crippen LogP contribution in [0.4, 0.5) is 0 Å². The number of ether oxygens (including phenoxy) is 1. The van der Waals surface area contributed by atoms with E-state index in [1.165, 1.54) is 125 Å². The molecule has 0 fully saturated rings. The molecule has 51 heavy (non-hydrogen) atoms. The van der Waals surface area contributed by atoms with Crippen molar-refractivity contribution in [2.75, 3.05) is 7.11 Å². The van der Waals surface area contributed by atoms with Crippen molar-refractivity contribution in [1.29, 1.82) is 0 Å². The van der Waals surface area contributed by atoms with Crippen molar-refractivity contribution < 1.29 is 52.6 Å². The van der Waals surface area contributed by atoms with E-state index in [9.17, 15) is 0 Å². The van der Waals surface area contributed by atoms with Gasteiger partial charge in [0.05, 0.1) is 7.11 Å². The molecule has 0 bridgehead atoms. The maximum Gasteiger partial charge on any atom is -0.0271 e. The molecule has 0 amide bonds. The Morgan fingerprint density at radius 1 is 0.627 bits per heavy atom. The van der Waals surface area contributed by atoms with Crippen LogP contribution in [0.2, 0.25) is 13.1 Å². The zero-order valence-corrected chi connectivity index (χ0v) is 38.8. The van der Waals surface area contributed by atoms with Crippen LogP contribution in [-0.2, 0) is 41.3 Å². The fourth-order valence-corrected chi connectivity index (χ4v) is 7.69. The first-order valence-electron chi connectivity index (χ1n) is 17.7. The third kappa shape index (κ3) is 9.96. The summed E-state index contributed by atoms with van der Waals surface area (Å²) in [5.41, 5.74) is 18.0. The third-order valence-corrected chi connectivity index (χ3v) is 9.37. The summed E-state index contributed by atoms with van der Waals surface area (Å²) in [7, 11) is 1.79. The van der Waals surface area contributed by atoms with Crippen LogP contribution in [0.25, 0.3) is 43.8 Å². The van der Waals surface area contributed by atoms with Crippen LogP contribution in [0, 0.1) is 41.5 Å². The van der Waals surface area contributed by atoms with Crippen molar-refractivity contribution in [3.63, 3.8) is 0 Å². The molecule has 268 valence electrons. The number of hydrogen-bond acceptors (Lipinski definition) is 1. The number of fused-ring (bicyclic) bond motifs is 3. The van der Waals surface area contributed by atoms with Gasteiger partial charge in [-0.3, -0.25) is 0 Å². The molecule has 0 saturated heterocycles. The average molecular weight is 900 g/mol. The minimum Gasteiger partial charge on any atom is -1.00 e. The smallest absolute Gasteiger partial charge is 0.0271 e. The first-order chi connectivity index (χ1) is 23.0. The third-order valence-electron chi connectivity index (χ3n) is 9.37. The zero-order chi connectivity index (χ0) is 35.8. The van der Waals surface area contributed by atoms with Crippen molar-refractivity contribution in [3.05, 3.63) is 123 Å². The first kappa shape index (κ1) is 43.0. The molecule has 0 heterocycles. The number of hydrogen-bond donors (Lipinski definition) is 0.